The van der Waals surface area contributed by atoms with Gasteiger partial charge in [0.25, 0.3) is 5.91 Å². The van der Waals surface area contributed by atoms with Crippen molar-refractivity contribution in [1.82, 2.24) is 4.90 Å². The second-order valence-corrected chi connectivity index (χ2v) is 6.74. The number of ether oxygens (including phenoxy) is 1. The smallest absolute Gasteiger partial charge is 0.326 e. The summed E-state index contributed by atoms with van der Waals surface area (Å²) in [7, 11) is 0. The van der Waals surface area contributed by atoms with E-state index in [1.807, 2.05) is 30.3 Å². The Bertz CT molecular complexity index is 881. The van der Waals surface area contributed by atoms with Crippen molar-refractivity contribution < 1.29 is 19.1 Å². The fourth-order valence-corrected chi connectivity index (χ4v) is 3.69. The minimum atomic E-state index is -0.508. The van der Waals surface area contributed by atoms with Gasteiger partial charge in [-0.15, -0.1) is 0 Å². The van der Waals surface area contributed by atoms with Crippen LogP contribution in [0.3, 0.4) is 0 Å². The first kappa shape index (κ1) is 17.3. The molecule has 6 nitrogen and oxygen atoms in total. The molecule has 0 aliphatic carbocycles. The maximum Gasteiger partial charge on any atom is 0.326 e. The molecule has 27 heavy (non-hydrogen) atoms. The van der Waals surface area contributed by atoms with Crippen molar-refractivity contribution in [1.29, 1.82) is 0 Å². The van der Waals surface area contributed by atoms with Crippen LogP contribution in [0, 0.1) is 0 Å². The van der Waals surface area contributed by atoms with Gasteiger partial charge in [-0.2, -0.15) is 0 Å². The van der Waals surface area contributed by atoms with E-state index in [0.29, 0.717) is 24.2 Å². The van der Waals surface area contributed by atoms with Crippen molar-refractivity contribution in [3.05, 3.63) is 65.7 Å². The lowest BCUT2D eigenvalue weighted by Crippen LogP contribution is -2.46. The van der Waals surface area contributed by atoms with E-state index in [-0.39, 0.29) is 25.0 Å². The van der Waals surface area contributed by atoms with E-state index in [9.17, 15) is 14.4 Å². The van der Waals surface area contributed by atoms with Crippen molar-refractivity contribution in [3.63, 3.8) is 0 Å². The number of carbonyl (C=O) groups excluding carboxylic acids is 3. The summed E-state index contributed by atoms with van der Waals surface area (Å²) in [5, 5.41) is 0. The van der Waals surface area contributed by atoms with Crippen LogP contribution in [0.25, 0.3) is 0 Å². The highest BCUT2D eigenvalue weighted by atomic mass is 16.5. The molecule has 0 aromatic heterocycles. The zero-order valence-electron chi connectivity index (χ0n) is 14.8. The molecule has 0 spiro atoms. The average molecular weight is 364 g/mol. The first-order valence-corrected chi connectivity index (χ1v) is 9.06. The highest BCUT2D eigenvalue weighted by Crippen LogP contribution is 2.32. The Balaban J connectivity index is 1.56. The molecule has 1 atom stereocenters. The zero-order chi connectivity index (χ0) is 18.8. The number of benzene rings is 2. The normalized spacial score (nSPS) is 18.7. The maximum absolute atomic E-state index is 13.1. The van der Waals surface area contributed by atoms with Crippen LogP contribution in [0.15, 0.2) is 54.6 Å². The fraction of sp³-hybridized carbons (Fsp3) is 0.286. The SMILES string of the molecule is O=C(CN1C(=O)C2CCCN2C(=O)c2ccccc21)OCc1ccccc1. The monoisotopic (exact) mass is 364 g/mol. The summed E-state index contributed by atoms with van der Waals surface area (Å²) in [6.07, 6.45) is 1.41. The third-order valence-corrected chi connectivity index (χ3v) is 5.02. The summed E-state index contributed by atoms with van der Waals surface area (Å²) in [5.41, 5.74) is 1.80. The van der Waals surface area contributed by atoms with Crippen molar-refractivity contribution in [3.8, 4) is 0 Å². The summed E-state index contributed by atoms with van der Waals surface area (Å²) in [5.74, 6) is -0.870. The molecule has 2 amide bonds. The zero-order valence-corrected chi connectivity index (χ0v) is 14.8. The van der Waals surface area contributed by atoms with E-state index >= 15 is 0 Å². The lowest BCUT2D eigenvalue weighted by atomic mass is 10.1. The molecule has 2 aromatic rings. The standard InChI is InChI=1S/C21H20N2O4/c24-19(27-14-15-7-2-1-3-8-15)13-23-17-10-5-4-9-16(17)20(25)22-12-6-11-18(22)21(23)26/h1-5,7-10,18H,6,11-14H2. The van der Waals surface area contributed by atoms with E-state index in [4.69, 9.17) is 4.74 Å². The Morgan fingerprint density at radius 1 is 1.04 bits per heavy atom. The summed E-state index contributed by atoms with van der Waals surface area (Å²) >= 11 is 0. The van der Waals surface area contributed by atoms with Gasteiger partial charge in [0.05, 0.1) is 11.3 Å². The molecule has 138 valence electrons. The molecule has 2 aliphatic rings. The third-order valence-electron chi connectivity index (χ3n) is 5.02. The summed E-state index contributed by atoms with van der Waals surface area (Å²) in [6.45, 7) is 0.508. The third kappa shape index (κ3) is 3.30. The van der Waals surface area contributed by atoms with Crippen LogP contribution >= 0.6 is 0 Å². The van der Waals surface area contributed by atoms with Gasteiger partial charge in [0.2, 0.25) is 5.91 Å². The van der Waals surface area contributed by atoms with Crippen LogP contribution in [0.1, 0.15) is 28.8 Å². The lowest BCUT2D eigenvalue weighted by molar-refractivity contribution is -0.144. The van der Waals surface area contributed by atoms with Crippen LogP contribution in [-0.2, 0) is 20.9 Å². The summed E-state index contributed by atoms with van der Waals surface area (Å²) in [6, 6.07) is 15.8. The second-order valence-electron chi connectivity index (χ2n) is 6.74. The lowest BCUT2D eigenvalue weighted by Gasteiger charge is -2.25. The molecule has 0 saturated carbocycles. The number of fused-ring (bicyclic) bond motifs is 2. The van der Waals surface area contributed by atoms with Gasteiger partial charge in [-0.3, -0.25) is 19.3 Å². The highest BCUT2D eigenvalue weighted by molar-refractivity contribution is 6.12. The molecule has 1 fully saturated rings. The van der Waals surface area contributed by atoms with Crippen LogP contribution < -0.4 is 4.90 Å². The Labute approximate surface area is 157 Å². The number of rotatable bonds is 4. The molecule has 4 rings (SSSR count). The van der Waals surface area contributed by atoms with Gasteiger partial charge < -0.3 is 9.64 Å². The minimum absolute atomic E-state index is 0.151. The van der Waals surface area contributed by atoms with Gasteiger partial charge in [0.15, 0.2) is 0 Å². The molecule has 0 N–H and O–H groups in total. The Morgan fingerprint density at radius 2 is 1.78 bits per heavy atom. The van der Waals surface area contributed by atoms with Gasteiger partial charge in [0, 0.05) is 6.54 Å². The molecule has 2 aromatic carbocycles. The number of para-hydroxylation sites is 1. The van der Waals surface area contributed by atoms with Gasteiger partial charge in [-0.05, 0) is 30.5 Å². The molecular formula is C21H20N2O4. The molecule has 1 saturated heterocycles. The topological polar surface area (TPSA) is 66.9 Å². The average Bonchev–Trinajstić information content (AvgIpc) is 3.17. The number of hydrogen-bond donors (Lipinski definition) is 0. The Morgan fingerprint density at radius 3 is 2.59 bits per heavy atom. The van der Waals surface area contributed by atoms with E-state index in [0.717, 1.165) is 12.0 Å². The van der Waals surface area contributed by atoms with Crippen molar-refractivity contribution in [2.24, 2.45) is 0 Å². The second kappa shape index (κ2) is 7.23. The molecule has 2 heterocycles. The first-order valence-electron chi connectivity index (χ1n) is 9.06. The molecule has 0 radical (unpaired) electrons. The summed E-state index contributed by atoms with van der Waals surface area (Å²) < 4.78 is 5.34. The van der Waals surface area contributed by atoms with E-state index in [1.165, 1.54) is 4.90 Å². The first-order chi connectivity index (χ1) is 13.1. The molecule has 1 unspecified atom stereocenters. The minimum Gasteiger partial charge on any atom is -0.459 e. The van der Waals surface area contributed by atoms with E-state index < -0.39 is 12.0 Å². The molecule has 0 bridgehead atoms. The molecule has 2 aliphatic heterocycles. The number of anilines is 1. The quantitative estimate of drug-likeness (QED) is 0.782. The van der Waals surface area contributed by atoms with Crippen molar-refractivity contribution >= 4 is 23.5 Å². The van der Waals surface area contributed by atoms with Crippen molar-refractivity contribution in [2.45, 2.75) is 25.5 Å². The van der Waals surface area contributed by atoms with E-state index in [2.05, 4.69) is 0 Å². The predicted octanol–water partition coefficient (Wildman–Crippen LogP) is 2.38. The van der Waals surface area contributed by atoms with Crippen LogP contribution in [-0.4, -0.2) is 41.8 Å². The highest BCUT2D eigenvalue weighted by Gasteiger charge is 2.42. The van der Waals surface area contributed by atoms with E-state index in [1.54, 1.807) is 29.2 Å². The number of esters is 1. The van der Waals surface area contributed by atoms with Gasteiger partial charge >= 0.3 is 5.97 Å². The van der Waals surface area contributed by atoms with Crippen molar-refractivity contribution in [2.75, 3.05) is 18.0 Å². The van der Waals surface area contributed by atoms with Gasteiger partial charge in [-0.25, -0.2) is 0 Å². The van der Waals surface area contributed by atoms with Crippen LogP contribution in [0.2, 0.25) is 0 Å². The van der Waals surface area contributed by atoms with Crippen LogP contribution in [0.5, 0.6) is 0 Å². The molecule has 6 heteroatoms. The van der Waals surface area contributed by atoms with Gasteiger partial charge in [0.1, 0.15) is 19.2 Å². The molecular weight excluding hydrogens is 344 g/mol. The summed E-state index contributed by atoms with van der Waals surface area (Å²) in [4.78, 5) is 41.3. The van der Waals surface area contributed by atoms with Gasteiger partial charge in [-0.1, -0.05) is 42.5 Å². The van der Waals surface area contributed by atoms with Crippen LogP contribution in [0.4, 0.5) is 5.69 Å². The number of carbonyl (C=O) groups is 3. The number of amides is 2. The predicted molar refractivity (Wildman–Crippen MR) is 99.1 cm³/mol. The number of hydrogen-bond acceptors (Lipinski definition) is 4. The Kier molecular flexibility index (Phi) is 4.62. The number of nitrogens with zero attached hydrogens (tertiary/aromatic N) is 2. The maximum atomic E-state index is 13.1. The Hall–Kier alpha value is -3.15. The fourth-order valence-electron chi connectivity index (χ4n) is 3.69. The largest absolute Gasteiger partial charge is 0.459 e.